The second-order valence-corrected chi connectivity index (χ2v) is 11.2. The molecule has 2 aliphatic rings. The molecule has 0 bridgehead atoms. The van der Waals surface area contributed by atoms with E-state index in [2.05, 4.69) is 17.1 Å². The largest absolute Gasteiger partial charge is 0.339 e. The summed E-state index contributed by atoms with van der Waals surface area (Å²) in [6.07, 6.45) is 2.07. The van der Waals surface area contributed by atoms with E-state index in [9.17, 15) is 13.2 Å². The Bertz CT molecular complexity index is 1280. The molecule has 3 aromatic rings. The molecule has 2 saturated heterocycles. The lowest BCUT2D eigenvalue weighted by Crippen LogP contribution is -2.37. The van der Waals surface area contributed by atoms with Gasteiger partial charge in [-0.05, 0) is 62.1 Å². The van der Waals surface area contributed by atoms with Crippen molar-refractivity contribution in [1.82, 2.24) is 14.4 Å². The predicted octanol–water partition coefficient (Wildman–Crippen LogP) is 3.99. The van der Waals surface area contributed by atoms with Crippen molar-refractivity contribution in [3.8, 4) is 11.4 Å². The van der Waals surface area contributed by atoms with E-state index in [0.717, 1.165) is 24.1 Å². The molecule has 1 aromatic heterocycles. The number of piperidine rings is 1. The van der Waals surface area contributed by atoms with Crippen molar-refractivity contribution >= 4 is 21.6 Å². The first kappa shape index (κ1) is 22.7. The van der Waals surface area contributed by atoms with Crippen molar-refractivity contribution in [3.05, 3.63) is 60.0 Å². The molecule has 0 spiro atoms. The molecule has 0 unspecified atom stereocenters. The monoisotopic (exact) mass is 480 g/mol. The third kappa shape index (κ3) is 4.37. The van der Waals surface area contributed by atoms with Crippen molar-refractivity contribution in [1.29, 1.82) is 0 Å². The normalized spacial score (nSPS) is 20.2. The van der Waals surface area contributed by atoms with Gasteiger partial charge in [-0.2, -0.15) is 9.29 Å². The third-order valence-corrected chi connectivity index (χ3v) is 8.67. The highest BCUT2D eigenvalue weighted by Gasteiger charge is 2.35. The summed E-state index contributed by atoms with van der Waals surface area (Å²) in [5.41, 5.74) is 2.66. The lowest BCUT2D eigenvalue weighted by atomic mass is 10.0. The smallest absolute Gasteiger partial charge is 0.243 e. The van der Waals surface area contributed by atoms with Gasteiger partial charge in [0.2, 0.25) is 27.6 Å². The van der Waals surface area contributed by atoms with Gasteiger partial charge in [-0.3, -0.25) is 4.79 Å². The van der Waals surface area contributed by atoms with E-state index in [1.165, 1.54) is 0 Å². The Labute approximate surface area is 199 Å². The number of hydrogen-bond donors (Lipinski definition) is 0. The highest BCUT2D eigenvalue weighted by molar-refractivity contribution is 7.89. The molecule has 2 aromatic carbocycles. The fourth-order valence-corrected chi connectivity index (χ4v) is 5.99. The molecule has 1 amide bonds. The van der Waals surface area contributed by atoms with Crippen LogP contribution in [0.4, 0.5) is 5.69 Å². The van der Waals surface area contributed by atoms with E-state index in [4.69, 9.17) is 4.52 Å². The van der Waals surface area contributed by atoms with Crippen LogP contribution in [-0.4, -0.2) is 48.4 Å². The van der Waals surface area contributed by atoms with Gasteiger partial charge in [0.1, 0.15) is 0 Å². The Kier molecular flexibility index (Phi) is 5.99. The molecular formula is C25H28N4O4S. The van der Waals surface area contributed by atoms with Gasteiger partial charge in [-0.15, -0.1) is 0 Å². The molecule has 8 nitrogen and oxygen atoms in total. The second-order valence-electron chi connectivity index (χ2n) is 9.31. The molecule has 0 saturated carbocycles. The predicted molar refractivity (Wildman–Crippen MR) is 128 cm³/mol. The summed E-state index contributed by atoms with van der Waals surface area (Å²) >= 11 is 0. The van der Waals surface area contributed by atoms with Crippen LogP contribution in [0.3, 0.4) is 0 Å². The molecule has 178 valence electrons. The summed E-state index contributed by atoms with van der Waals surface area (Å²) in [5, 5.41) is 4.08. The Hall–Kier alpha value is -3.04. The first-order valence-electron chi connectivity index (χ1n) is 11.6. The molecule has 0 radical (unpaired) electrons. The minimum absolute atomic E-state index is 0.0234. The topological polar surface area (TPSA) is 96.6 Å². The summed E-state index contributed by atoms with van der Waals surface area (Å²) in [5.74, 6) is 1.19. The van der Waals surface area contributed by atoms with E-state index >= 15 is 0 Å². The van der Waals surface area contributed by atoms with Crippen molar-refractivity contribution < 1.29 is 17.7 Å². The molecule has 0 aliphatic carbocycles. The molecule has 2 aliphatic heterocycles. The van der Waals surface area contributed by atoms with Gasteiger partial charge >= 0.3 is 0 Å². The van der Waals surface area contributed by atoms with E-state index in [-0.39, 0.29) is 16.7 Å². The van der Waals surface area contributed by atoms with Gasteiger partial charge in [0.05, 0.1) is 10.8 Å². The van der Waals surface area contributed by atoms with E-state index in [1.807, 2.05) is 31.2 Å². The lowest BCUT2D eigenvalue weighted by molar-refractivity contribution is -0.117. The number of nitrogens with zero attached hydrogens (tertiary/aromatic N) is 4. The number of aromatic nitrogens is 2. The number of carbonyl (C=O) groups is 1. The molecule has 9 heteroatoms. The maximum absolute atomic E-state index is 13.0. The molecule has 0 N–H and O–H groups in total. The van der Waals surface area contributed by atoms with Crippen LogP contribution in [0.25, 0.3) is 11.4 Å². The van der Waals surface area contributed by atoms with E-state index < -0.39 is 10.0 Å². The number of amides is 1. The zero-order valence-corrected chi connectivity index (χ0v) is 20.2. The van der Waals surface area contributed by atoms with Crippen LogP contribution in [0.1, 0.15) is 43.6 Å². The highest BCUT2D eigenvalue weighted by atomic mass is 32.2. The Morgan fingerprint density at radius 2 is 1.68 bits per heavy atom. The number of sulfonamides is 1. The van der Waals surface area contributed by atoms with Crippen LogP contribution in [0.5, 0.6) is 0 Å². The van der Waals surface area contributed by atoms with Gasteiger partial charge < -0.3 is 9.42 Å². The Morgan fingerprint density at radius 3 is 2.35 bits per heavy atom. The molecule has 5 rings (SSSR count). The van der Waals surface area contributed by atoms with Gasteiger partial charge in [0, 0.05) is 37.3 Å². The number of carbonyl (C=O) groups excluding carboxylic acids is 1. The quantitative estimate of drug-likeness (QED) is 0.548. The van der Waals surface area contributed by atoms with Gasteiger partial charge in [0.25, 0.3) is 0 Å². The van der Waals surface area contributed by atoms with Crippen LogP contribution in [-0.2, 0) is 14.8 Å². The molecule has 3 heterocycles. The fraction of sp³-hybridized carbons (Fsp3) is 0.400. The SMILES string of the molecule is Cc1ccc(N2C[C@H](c3nc(-c4ccc(S(=O)(=O)N5CCC(C)CC5)cc4)no3)CC2=O)cc1. The number of anilines is 1. The Balaban J connectivity index is 1.29. The number of rotatable bonds is 5. The first-order valence-corrected chi connectivity index (χ1v) is 13.1. The highest BCUT2D eigenvalue weighted by Crippen LogP contribution is 2.32. The Morgan fingerprint density at radius 1 is 1.00 bits per heavy atom. The summed E-state index contributed by atoms with van der Waals surface area (Å²) in [4.78, 5) is 19.1. The van der Waals surface area contributed by atoms with Crippen LogP contribution >= 0.6 is 0 Å². The zero-order chi connectivity index (χ0) is 23.9. The summed E-state index contributed by atoms with van der Waals surface area (Å²) in [6, 6.07) is 14.4. The van der Waals surface area contributed by atoms with E-state index in [1.54, 1.807) is 33.5 Å². The average Bonchev–Trinajstić information content (AvgIpc) is 3.47. The van der Waals surface area contributed by atoms with Crippen molar-refractivity contribution in [2.45, 2.75) is 43.9 Å². The zero-order valence-electron chi connectivity index (χ0n) is 19.3. The molecule has 1 atom stereocenters. The third-order valence-electron chi connectivity index (χ3n) is 6.75. The van der Waals surface area contributed by atoms with Crippen LogP contribution < -0.4 is 4.90 Å². The number of benzene rings is 2. The number of hydrogen-bond acceptors (Lipinski definition) is 6. The van der Waals surface area contributed by atoms with Crippen molar-refractivity contribution in [2.24, 2.45) is 5.92 Å². The second kappa shape index (κ2) is 8.96. The van der Waals surface area contributed by atoms with Crippen molar-refractivity contribution in [2.75, 3.05) is 24.5 Å². The van der Waals surface area contributed by atoms with Crippen molar-refractivity contribution in [3.63, 3.8) is 0 Å². The fourth-order valence-electron chi connectivity index (χ4n) is 4.52. The lowest BCUT2D eigenvalue weighted by Gasteiger charge is -2.29. The molecule has 2 fully saturated rings. The van der Waals surface area contributed by atoms with E-state index in [0.29, 0.717) is 49.3 Å². The van der Waals surface area contributed by atoms with Crippen LogP contribution in [0.15, 0.2) is 57.9 Å². The summed E-state index contributed by atoms with van der Waals surface area (Å²) in [6.45, 7) is 5.75. The molecule has 34 heavy (non-hydrogen) atoms. The number of aryl methyl sites for hydroxylation is 1. The minimum Gasteiger partial charge on any atom is -0.339 e. The standard InChI is InChI=1S/C25H28N4O4S/c1-17-3-7-21(8-4-17)29-16-20(15-23(29)30)25-26-24(27-33-25)19-5-9-22(10-6-19)34(31,32)28-13-11-18(2)12-14-28/h3-10,18,20H,11-16H2,1-2H3/t20-/m1/s1. The minimum atomic E-state index is -3.51. The summed E-state index contributed by atoms with van der Waals surface area (Å²) < 4.78 is 33.0. The van der Waals surface area contributed by atoms with Gasteiger partial charge in [-0.1, -0.05) is 29.8 Å². The van der Waals surface area contributed by atoms with Gasteiger partial charge in [0.15, 0.2) is 0 Å². The van der Waals surface area contributed by atoms with Crippen LogP contribution in [0.2, 0.25) is 0 Å². The summed E-state index contributed by atoms with van der Waals surface area (Å²) in [7, 11) is -3.51. The maximum Gasteiger partial charge on any atom is 0.243 e. The molecular weight excluding hydrogens is 452 g/mol. The first-order chi connectivity index (χ1) is 16.3. The van der Waals surface area contributed by atoms with Crippen LogP contribution in [0, 0.1) is 12.8 Å². The average molecular weight is 481 g/mol. The maximum atomic E-state index is 13.0. The van der Waals surface area contributed by atoms with Gasteiger partial charge in [-0.25, -0.2) is 8.42 Å².